The number of amides is 2. The summed E-state index contributed by atoms with van der Waals surface area (Å²) in [6.07, 6.45) is 1.06. The zero-order valence-corrected chi connectivity index (χ0v) is 15.8. The van der Waals surface area contributed by atoms with Gasteiger partial charge in [0.05, 0.1) is 6.04 Å². The number of hydrogen-bond donors (Lipinski definition) is 2. The summed E-state index contributed by atoms with van der Waals surface area (Å²) < 4.78 is 0. The van der Waals surface area contributed by atoms with Crippen LogP contribution in [0.2, 0.25) is 0 Å². The van der Waals surface area contributed by atoms with Gasteiger partial charge in [0.25, 0.3) is 0 Å². The number of nitrogens with two attached hydrogens (primary N) is 1. The van der Waals surface area contributed by atoms with E-state index in [2.05, 4.69) is 38.2 Å². The van der Waals surface area contributed by atoms with Crippen molar-refractivity contribution in [2.75, 3.05) is 39.3 Å². The molecule has 0 aliphatic carbocycles. The summed E-state index contributed by atoms with van der Waals surface area (Å²) in [5.74, 6) is -0.293. The predicted octanol–water partition coefficient (Wildman–Crippen LogP) is -0.116. The third-order valence-corrected chi connectivity index (χ3v) is 6.06. The fourth-order valence-electron chi connectivity index (χ4n) is 4.51. The van der Waals surface area contributed by atoms with Gasteiger partial charge in [0, 0.05) is 65.3 Å². The number of imide groups is 1. The Bertz CT molecular complexity index is 714. The Kier molecular flexibility index (Phi) is 5.54. The van der Waals surface area contributed by atoms with Crippen molar-refractivity contribution in [1.82, 2.24) is 20.0 Å². The first-order valence-corrected chi connectivity index (χ1v) is 9.96. The molecule has 0 radical (unpaired) electrons. The Morgan fingerprint density at radius 2 is 1.85 bits per heavy atom. The number of carbonyl (C=O) groups excluding carboxylic acids is 2. The van der Waals surface area contributed by atoms with Crippen molar-refractivity contribution in [3.8, 4) is 0 Å². The molecule has 3 aliphatic rings. The molecule has 0 aromatic heterocycles. The zero-order valence-electron chi connectivity index (χ0n) is 15.8. The van der Waals surface area contributed by atoms with Crippen LogP contribution >= 0.6 is 0 Å². The number of piperidine rings is 1. The molecule has 1 aromatic carbocycles. The Balaban J connectivity index is 1.40. The van der Waals surface area contributed by atoms with Crippen LogP contribution in [0.3, 0.4) is 0 Å². The molecule has 7 nitrogen and oxygen atoms in total. The first-order valence-electron chi connectivity index (χ1n) is 9.96. The number of nitrogens with zero attached hydrogens (tertiary/aromatic N) is 3. The molecular weight excluding hydrogens is 342 g/mol. The maximum absolute atomic E-state index is 12.2. The Hall–Kier alpha value is -1.80. The Labute approximate surface area is 160 Å². The molecule has 3 heterocycles. The minimum Gasteiger partial charge on any atom is -0.329 e. The van der Waals surface area contributed by atoms with E-state index in [1.54, 1.807) is 0 Å². The fourth-order valence-corrected chi connectivity index (χ4v) is 4.51. The number of fused-ring (bicyclic) bond motifs is 1. The minimum atomic E-state index is -0.192. The second kappa shape index (κ2) is 8.06. The lowest BCUT2D eigenvalue weighted by Crippen LogP contribution is -2.50. The monoisotopic (exact) mass is 371 g/mol. The molecule has 4 rings (SSSR count). The molecule has 0 spiro atoms. The van der Waals surface area contributed by atoms with E-state index in [9.17, 15) is 9.59 Å². The molecule has 3 aliphatic heterocycles. The van der Waals surface area contributed by atoms with Gasteiger partial charge in [-0.2, -0.15) is 0 Å². The lowest BCUT2D eigenvalue weighted by atomic mass is 10.0. The average Bonchev–Trinajstić information content (AvgIpc) is 3.08. The first kappa shape index (κ1) is 18.6. The van der Waals surface area contributed by atoms with E-state index in [1.165, 1.54) is 16.7 Å². The highest BCUT2D eigenvalue weighted by Gasteiger charge is 2.35. The SMILES string of the molecule is NCCN1CCN(Cc2cccc3c2CN(C2CCC(=O)NC2=O)C3)CC1. The van der Waals surface area contributed by atoms with Gasteiger partial charge in [-0.15, -0.1) is 0 Å². The van der Waals surface area contributed by atoms with Gasteiger partial charge in [0.2, 0.25) is 11.8 Å². The van der Waals surface area contributed by atoms with Gasteiger partial charge in [-0.25, -0.2) is 0 Å². The van der Waals surface area contributed by atoms with E-state index in [4.69, 9.17) is 5.73 Å². The third-order valence-electron chi connectivity index (χ3n) is 6.06. The number of benzene rings is 1. The standard InChI is InChI=1S/C20H29N5O2/c21-6-7-23-8-10-24(11-9-23)12-15-2-1-3-16-13-25(14-17(15)16)18-4-5-19(26)22-20(18)27/h1-3,18H,4-14,21H2,(H,22,26,27). The molecule has 27 heavy (non-hydrogen) atoms. The molecule has 0 bridgehead atoms. The summed E-state index contributed by atoms with van der Waals surface area (Å²) in [5, 5.41) is 2.49. The number of carbonyl (C=O) groups is 2. The smallest absolute Gasteiger partial charge is 0.243 e. The van der Waals surface area contributed by atoms with Crippen molar-refractivity contribution in [3.63, 3.8) is 0 Å². The van der Waals surface area contributed by atoms with Crippen molar-refractivity contribution in [2.45, 2.75) is 38.5 Å². The van der Waals surface area contributed by atoms with E-state index < -0.39 is 0 Å². The maximum atomic E-state index is 12.2. The van der Waals surface area contributed by atoms with E-state index in [0.29, 0.717) is 12.8 Å². The topological polar surface area (TPSA) is 81.9 Å². The minimum absolute atomic E-state index is 0.142. The summed E-state index contributed by atoms with van der Waals surface area (Å²) in [5.41, 5.74) is 9.72. The molecular formula is C20H29N5O2. The van der Waals surface area contributed by atoms with Gasteiger partial charge in [-0.1, -0.05) is 18.2 Å². The van der Waals surface area contributed by atoms with E-state index in [0.717, 1.165) is 58.9 Å². The summed E-state index contributed by atoms with van der Waals surface area (Å²) in [6, 6.07) is 6.33. The number of rotatable bonds is 5. The summed E-state index contributed by atoms with van der Waals surface area (Å²) >= 11 is 0. The van der Waals surface area contributed by atoms with Crippen LogP contribution in [-0.4, -0.2) is 71.8 Å². The van der Waals surface area contributed by atoms with Gasteiger partial charge < -0.3 is 5.73 Å². The van der Waals surface area contributed by atoms with Crippen molar-refractivity contribution in [3.05, 3.63) is 34.9 Å². The number of hydrogen-bond acceptors (Lipinski definition) is 6. The molecule has 2 fully saturated rings. The Morgan fingerprint density at radius 3 is 2.59 bits per heavy atom. The third kappa shape index (κ3) is 4.06. The summed E-state index contributed by atoms with van der Waals surface area (Å²) in [4.78, 5) is 30.8. The zero-order chi connectivity index (χ0) is 18.8. The Morgan fingerprint density at radius 1 is 1.07 bits per heavy atom. The van der Waals surface area contributed by atoms with Gasteiger partial charge >= 0.3 is 0 Å². The van der Waals surface area contributed by atoms with Crippen molar-refractivity contribution >= 4 is 11.8 Å². The molecule has 2 saturated heterocycles. The molecule has 1 unspecified atom stereocenters. The fraction of sp³-hybridized carbons (Fsp3) is 0.600. The molecule has 3 N–H and O–H groups in total. The highest BCUT2D eigenvalue weighted by Crippen LogP contribution is 2.30. The maximum Gasteiger partial charge on any atom is 0.243 e. The van der Waals surface area contributed by atoms with Gasteiger partial charge in [-0.3, -0.25) is 29.6 Å². The molecule has 0 saturated carbocycles. The van der Waals surface area contributed by atoms with Crippen molar-refractivity contribution in [2.24, 2.45) is 5.73 Å². The van der Waals surface area contributed by atoms with Crippen LogP contribution in [-0.2, 0) is 29.2 Å². The highest BCUT2D eigenvalue weighted by molar-refractivity contribution is 6.00. The normalized spacial score (nSPS) is 24.9. The van der Waals surface area contributed by atoms with E-state index >= 15 is 0 Å². The average molecular weight is 371 g/mol. The van der Waals surface area contributed by atoms with Crippen molar-refractivity contribution < 1.29 is 9.59 Å². The van der Waals surface area contributed by atoms with Crippen LogP contribution in [0.5, 0.6) is 0 Å². The van der Waals surface area contributed by atoms with Crippen LogP contribution in [0.4, 0.5) is 0 Å². The van der Waals surface area contributed by atoms with Gasteiger partial charge in [0.1, 0.15) is 0 Å². The molecule has 1 atom stereocenters. The van der Waals surface area contributed by atoms with E-state index in [1.807, 2.05) is 0 Å². The van der Waals surface area contributed by atoms with Crippen LogP contribution in [0.15, 0.2) is 18.2 Å². The van der Waals surface area contributed by atoms with Crippen molar-refractivity contribution in [1.29, 1.82) is 0 Å². The quantitative estimate of drug-likeness (QED) is 0.703. The molecule has 146 valence electrons. The van der Waals surface area contributed by atoms with Gasteiger partial charge in [0.15, 0.2) is 0 Å². The predicted molar refractivity (Wildman–Crippen MR) is 103 cm³/mol. The van der Waals surface area contributed by atoms with Crippen LogP contribution in [0.1, 0.15) is 29.5 Å². The number of nitrogens with one attached hydrogen (secondary N) is 1. The first-order chi connectivity index (χ1) is 13.1. The second-order valence-electron chi connectivity index (χ2n) is 7.83. The summed E-state index contributed by atoms with van der Waals surface area (Å²) in [7, 11) is 0. The van der Waals surface area contributed by atoms with Crippen LogP contribution in [0.25, 0.3) is 0 Å². The second-order valence-corrected chi connectivity index (χ2v) is 7.83. The number of piperazine rings is 1. The van der Waals surface area contributed by atoms with Crippen LogP contribution in [0, 0.1) is 0 Å². The molecule has 2 amide bonds. The van der Waals surface area contributed by atoms with Gasteiger partial charge in [-0.05, 0) is 23.1 Å². The lowest BCUT2D eigenvalue weighted by molar-refractivity contribution is -0.137. The largest absolute Gasteiger partial charge is 0.329 e. The molecule has 7 heteroatoms. The van der Waals surface area contributed by atoms with Crippen LogP contribution < -0.4 is 11.1 Å². The molecule has 1 aromatic rings. The summed E-state index contributed by atoms with van der Waals surface area (Å²) in [6.45, 7) is 8.55. The lowest BCUT2D eigenvalue weighted by Gasteiger charge is -2.34. The highest BCUT2D eigenvalue weighted by atomic mass is 16.2. The van der Waals surface area contributed by atoms with E-state index in [-0.39, 0.29) is 17.9 Å².